The minimum Gasteiger partial charge on any atom is -0.366 e. The monoisotopic (exact) mass is 277 g/mol. The fraction of sp³-hybridized carbons (Fsp3) is 0.385. The Kier molecular flexibility index (Phi) is 4.81. The molecule has 0 amide bonds. The molecule has 1 atom stereocenters. The molecule has 0 aliphatic rings. The van der Waals surface area contributed by atoms with E-state index in [2.05, 4.69) is 34.6 Å². The summed E-state index contributed by atoms with van der Waals surface area (Å²) in [4.78, 5) is 8.73. The summed E-state index contributed by atoms with van der Waals surface area (Å²) in [6.07, 6.45) is 0. The molecule has 2 rings (SSSR count). The molecule has 2 aromatic rings. The van der Waals surface area contributed by atoms with Gasteiger partial charge in [-0.25, -0.2) is 10.8 Å². The minimum absolute atomic E-state index is 0.342. The van der Waals surface area contributed by atoms with Gasteiger partial charge in [0.2, 0.25) is 5.95 Å². The molecule has 0 aliphatic carbocycles. The standard InChI is InChI=1S/C13H19N5S/c1-3-19-8-9(2)15-12-10-6-4-5-7-11(10)16-13(17-12)18-14/h4-7,9H,3,8,14H2,1-2H3,(H2,15,16,17,18). The van der Waals surface area contributed by atoms with E-state index in [4.69, 9.17) is 5.84 Å². The minimum atomic E-state index is 0.342. The second-order valence-electron chi connectivity index (χ2n) is 4.26. The van der Waals surface area contributed by atoms with Gasteiger partial charge in [0.15, 0.2) is 0 Å². The van der Waals surface area contributed by atoms with E-state index in [1.807, 2.05) is 36.0 Å². The molecule has 0 spiro atoms. The molecule has 0 saturated carbocycles. The summed E-state index contributed by atoms with van der Waals surface area (Å²) in [5, 5.41) is 4.44. The molecule has 0 bridgehead atoms. The van der Waals surface area contributed by atoms with Crippen molar-refractivity contribution in [3.05, 3.63) is 24.3 Å². The number of nitrogens with two attached hydrogens (primary N) is 1. The lowest BCUT2D eigenvalue weighted by Crippen LogP contribution is -2.20. The number of anilines is 2. The van der Waals surface area contributed by atoms with Gasteiger partial charge in [0.05, 0.1) is 5.52 Å². The number of nitrogens with one attached hydrogen (secondary N) is 2. The Hall–Kier alpha value is -1.53. The van der Waals surface area contributed by atoms with E-state index >= 15 is 0 Å². The van der Waals surface area contributed by atoms with Crippen LogP contribution in [0.15, 0.2) is 24.3 Å². The summed E-state index contributed by atoms with van der Waals surface area (Å²) in [5.74, 6) is 8.82. The summed E-state index contributed by atoms with van der Waals surface area (Å²) < 4.78 is 0. The Bertz CT molecular complexity index is 546. The largest absolute Gasteiger partial charge is 0.366 e. The van der Waals surface area contributed by atoms with Crippen LogP contribution in [0.2, 0.25) is 0 Å². The van der Waals surface area contributed by atoms with Crippen molar-refractivity contribution in [1.29, 1.82) is 0 Å². The molecule has 0 aliphatic heterocycles. The van der Waals surface area contributed by atoms with Gasteiger partial charge in [0.25, 0.3) is 0 Å². The fourth-order valence-electron chi connectivity index (χ4n) is 1.82. The third kappa shape index (κ3) is 3.48. The highest BCUT2D eigenvalue weighted by molar-refractivity contribution is 7.99. The van der Waals surface area contributed by atoms with Crippen LogP contribution >= 0.6 is 11.8 Å². The molecular weight excluding hydrogens is 258 g/mol. The number of hydrazine groups is 1. The third-order valence-corrected chi connectivity index (χ3v) is 3.83. The Morgan fingerprint density at radius 2 is 2.11 bits per heavy atom. The van der Waals surface area contributed by atoms with E-state index in [1.54, 1.807) is 0 Å². The van der Waals surface area contributed by atoms with Crippen molar-refractivity contribution in [2.75, 3.05) is 22.2 Å². The van der Waals surface area contributed by atoms with Crippen molar-refractivity contribution < 1.29 is 0 Å². The molecule has 102 valence electrons. The molecule has 1 heterocycles. The molecule has 5 nitrogen and oxygen atoms in total. The van der Waals surface area contributed by atoms with Crippen molar-refractivity contribution in [2.45, 2.75) is 19.9 Å². The maximum Gasteiger partial charge on any atom is 0.239 e. The molecule has 1 aromatic carbocycles. The van der Waals surface area contributed by atoms with Crippen LogP contribution in [0.3, 0.4) is 0 Å². The third-order valence-electron chi connectivity index (χ3n) is 2.69. The van der Waals surface area contributed by atoms with Crippen LogP contribution in [0.5, 0.6) is 0 Å². The van der Waals surface area contributed by atoms with Crippen molar-refractivity contribution in [2.24, 2.45) is 5.84 Å². The quantitative estimate of drug-likeness (QED) is 0.556. The number of rotatable bonds is 6. The van der Waals surface area contributed by atoms with Crippen molar-refractivity contribution >= 4 is 34.4 Å². The molecular formula is C13H19N5S. The topological polar surface area (TPSA) is 75.9 Å². The molecule has 19 heavy (non-hydrogen) atoms. The van der Waals surface area contributed by atoms with Gasteiger partial charge in [-0.1, -0.05) is 19.1 Å². The number of benzene rings is 1. The van der Waals surface area contributed by atoms with Crippen molar-refractivity contribution in [1.82, 2.24) is 9.97 Å². The Morgan fingerprint density at radius 3 is 2.84 bits per heavy atom. The molecule has 1 aromatic heterocycles. The highest BCUT2D eigenvalue weighted by Gasteiger charge is 2.09. The smallest absolute Gasteiger partial charge is 0.239 e. The second-order valence-corrected chi connectivity index (χ2v) is 5.58. The first kappa shape index (κ1) is 13.9. The highest BCUT2D eigenvalue weighted by atomic mass is 32.2. The molecule has 6 heteroatoms. The molecule has 0 radical (unpaired) electrons. The Balaban J connectivity index is 2.29. The van der Waals surface area contributed by atoms with E-state index < -0.39 is 0 Å². The number of fused-ring (bicyclic) bond motifs is 1. The zero-order chi connectivity index (χ0) is 13.7. The van der Waals surface area contributed by atoms with Gasteiger partial charge in [-0.2, -0.15) is 16.7 Å². The van der Waals surface area contributed by atoms with Crippen LogP contribution in [-0.4, -0.2) is 27.5 Å². The maximum absolute atomic E-state index is 5.41. The molecule has 1 unspecified atom stereocenters. The lowest BCUT2D eigenvalue weighted by molar-refractivity contribution is 0.903. The van der Waals surface area contributed by atoms with Crippen LogP contribution in [0.1, 0.15) is 13.8 Å². The first-order valence-corrected chi connectivity index (χ1v) is 7.47. The van der Waals surface area contributed by atoms with Gasteiger partial charge in [-0.3, -0.25) is 5.43 Å². The van der Waals surface area contributed by atoms with Gasteiger partial charge in [-0.15, -0.1) is 0 Å². The number of hydrogen-bond donors (Lipinski definition) is 3. The zero-order valence-corrected chi connectivity index (χ0v) is 12.0. The van der Waals surface area contributed by atoms with Gasteiger partial charge >= 0.3 is 0 Å². The number of para-hydroxylation sites is 1. The van der Waals surface area contributed by atoms with Crippen LogP contribution in [-0.2, 0) is 0 Å². The molecule has 4 N–H and O–H groups in total. The number of nitrogens with zero attached hydrogens (tertiary/aromatic N) is 2. The fourth-order valence-corrected chi connectivity index (χ4v) is 2.49. The van der Waals surface area contributed by atoms with E-state index in [9.17, 15) is 0 Å². The Labute approximate surface area is 117 Å². The summed E-state index contributed by atoms with van der Waals surface area (Å²) in [5.41, 5.74) is 3.39. The van der Waals surface area contributed by atoms with Gasteiger partial charge in [-0.05, 0) is 24.8 Å². The van der Waals surface area contributed by atoms with Gasteiger partial charge in [0.1, 0.15) is 5.82 Å². The van der Waals surface area contributed by atoms with E-state index in [1.165, 1.54) is 0 Å². The van der Waals surface area contributed by atoms with E-state index in [0.717, 1.165) is 28.2 Å². The highest BCUT2D eigenvalue weighted by Crippen LogP contribution is 2.22. The van der Waals surface area contributed by atoms with Crippen LogP contribution < -0.4 is 16.6 Å². The first-order valence-electron chi connectivity index (χ1n) is 6.32. The zero-order valence-electron chi connectivity index (χ0n) is 11.2. The summed E-state index contributed by atoms with van der Waals surface area (Å²) >= 11 is 1.90. The lowest BCUT2D eigenvalue weighted by Gasteiger charge is -2.16. The van der Waals surface area contributed by atoms with Crippen molar-refractivity contribution in [3.8, 4) is 0 Å². The number of nitrogen functional groups attached to an aromatic ring is 1. The Morgan fingerprint density at radius 1 is 1.32 bits per heavy atom. The molecule has 0 saturated heterocycles. The number of thioether (sulfide) groups is 1. The molecule has 0 fully saturated rings. The van der Waals surface area contributed by atoms with E-state index in [-0.39, 0.29) is 0 Å². The average Bonchev–Trinajstić information content (AvgIpc) is 2.44. The summed E-state index contributed by atoms with van der Waals surface area (Å²) in [6.45, 7) is 4.31. The van der Waals surface area contributed by atoms with Crippen molar-refractivity contribution in [3.63, 3.8) is 0 Å². The van der Waals surface area contributed by atoms with Crippen LogP contribution in [0, 0.1) is 0 Å². The summed E-state index contributed by atoms with van der Waals surface area (Å²) in [7, 11) is 0. The maximum atomic E-state index is 5.41. The van der Waals surface area contributed by atoms with Gasteiger partial charge < -0.3 is 5.32 Å². The predicted octanol–water partition coefficient (Wildman–Crippen LogP) is 2.47. The average molecular weight is 277 g/mol. The van der Waals surface area contributed by atoms with Crippen LogP contribution in [0.4, 0.5) is 11.8 Å². The SMILES string of the molecule is CCSCC(C)Nc1nc(NN)nc2ccccc12. The van der Waals surface area contributed by atoms with Crippen LogP contribution in [0.25, 0.3) is 10.9 Å². The number of aromatic nitrogens is 2. The van der Waals surface area contributed by atoms with E-state index in [0.29, 0.717) is 12.0 Å². The second kappa shape index (κ2) is 6.58. The normalized spacial score (nSPS) is 12.4. The predicted molar refractivity (Wildman–Crippen MR) is 83.4 cm³/mol. The number of hydrogen-bond acceptors (Lipinski definition) is 6. The first-order chi connectivity index (χ1) is 9.24. The van der Waals surface area contributed by atoms with Gasteiger partial charge in [0, 0.05) is 17.2 Å². The lowest BCUT2D eigenvalue weighted by atomic mass is 10.2. The summed E-state index contributed by atoms with van der Waals surface area (Å²) in [6, 6.07) is 8.24.